The molecule has 4 nitrogen and oxygen atoms in total. The fraction of sp³-hybridized carbons (Fsp3) is 0.267. The van der Waals surface area contributed by atoms with E-state index in [2.05, 4.69) is 11.4 Å². The van der Waals surface area contributed by atoms with Crippen molar-refractivity contribution in [2.24, 2.45) is 0 Å². The maximum atomic E-state index is 9.82. The van der Waals surface area contributed by atoms with Crippen LogP contribution in [0, 0.1) is 11.3 Å². The Balaban J connectivity index is 1.69. The highest BCUT2D eigenvalue weighted by Crippen LogP contribution is 2.12. The monoisotopic (exact) mass is 288 g/mol. The molecule has 0 aliphatic rings. The van der Waals surface area contributed by atoms with Gasteiger partial charge in [0.15, 0.2) is 0 Å². The number of nitrogens with zero attached hydrogens (tertiary/aromatic N) is 1. The lowest BCUT2D eigenvalue weighted by molar-refractivity contribution is 0.106. The molecular formula is C15H16N2O2S. The smallest absolute Gasteiger partial charge is 0.120 e. The highest BCUT2D eigenvalue weighted by molar-refractivity contribution is 7.09. The van der Waals surface area contributed by atoms with Gasteiger partial charge in [0.2, 0.25) is 0 Å². The third kappa shape index (κ3) is 4.67. The first-order valence-electron chi connectivity index (χ1n) is 6.32. The minimum Gasteiger partial charge on any atom is -0.491 e. The van der Waals surface area contributed by atoms with Crippen LogP contribution in [-0.2, 0) is 6.54 Å². The Hall–Kier alpha value is -1.87. The normalized spacial score (nSPS) is 11.8. The largest absolute Gasteiger partial charge is 0.491 e. The van der Waals surface area contributed by atoms with Crippen LogP contribution in [0.15, 0.2) is 41.8 Å². The summed E-state index contributed by atoms with van der Waals surface area (Å²) in [5, 5.41) is 23.8. The molecule has 2 N–H and O–H groups in total. The van der Waals surface area contributed by atoms with Gasteiger partial charge in [-0.15, -0.1) is 11.3 Å². The number of ether oxygens (including phenoxy) is 1. The Bertz CT molecular complexity index is 564. The Morgan fingerprint density at radius 1 is 1.35 bits per heavy atom. The highest BCUT2D eigenvalue weighted by atomic mass is 32.1. The summed E-state index contributed by atoms with van der Waals surface area (Å²) in [6, 6.07) is 13.0. The van der Waals surface area contributed by atoms with Crippen LogP contribution in [-0.4, -0.2) is 24.4 Å². The second-order valence-corrected chi connectivity index (χ2v) is 5.35. The van der Waals surface area contributed by atoms with E-state index in [4.69, 9.17) is 10.00 Å². The van der Waals surface area contributed by atoms with E-state index in [1.54, 1.807) is 35.6 Å². The van der Waals surface area contributed by atoms with Crippen LogP contribution in [0.2, 0.25) is 0 Å². The molecule has 0 saturated carbocycles. The van der Waals surface area contributed by atoms with Crippen molar-refractivity contribution in [3.63, 3.8) is 0 Å². The quantitative estimate of drug-likeness (QED) is 0.819. The first-order chi connectivity index (χ1) is 9.78. The predicted octanol–water partition coefficient (Wildman–Crippen LogP) is 2.15. The molecule has 5 heteroatoms. The minimum absolute atomic E-state index is 0.201. The van der Waals surface area contributed by atoms with Crippen molar-refractivity contribution < 1.29 is 9.84 Å². The molecule has 0 bridgehead atoms. The van der Waals surface area contributed by atoms with Gasteiger partial charge in [0.25, 0.3) is 0 Å². The van der Waals surface area contributed by atoms with Crippen LogP contribution in [0.1, 0.15) is 10.4 Å². The van der Waals surface area contributed by atoms with Gasteiger partial charge in [-0.3, -0.25) is 0 Å². The first kappa shape index (κ1) is 14.5. The van der Waals surface area contributed by atoms with Gasteiger partial charge < -0.3 is 15.2 Å². The Labute approximate surface area is 122 Å². The summed E-state index contributed by atoms with van der Waals surface area (Å²) in [6.07, 6.45) is -0.583. The zero-order valence-electron chi connectivity index (χ0n) is 11.0. The minimum atomic E-state index is -0.583. The Morgan fingerprint density at radius 3 is 3.00 bits per heavy atom. The zero-order valence-corrected chi connectivity index (χ0v) is 11.8. The van der Waals surface area contributed by atoms with Crippen LogP contribution in [0.3, 0.4) is 0 Å². The molecule has 0 spiro atoms. The molecular weight excluding hydrogens is 272 g/mol. The number of thiophene rings is 1. The summed E-state index contributed by atoms with van der Waals surface area (Å²) in [7, 11) is 0. The van der Waals surface area contributed by atoms with E-state index in [0.29, 0.717) is 17.9 Å². The lowest BCUT2D eigenvalue weighted by atomic mass is 10.2. The number of aliphatic hydroxyl groups is 1. The lowest BCUT2D eigenvalue weighted by Gasteiger charge is -2.13. The molecule has 0 aliphatic heterocycles. The first-order valence-corrected chi connectivity index (χ1v) is 7.20. The van der Waals surface area contributed by atoms with E-state index in [0.717, 1.165) is 6.54 Å². The van der Waals surface area contributed by atoms with E-state index in [9.17, 15) is 5.11 Å². The van der Waals surface area contributed by atoms with Crippen LogP contribution in [0.5, 0.6) is 5.75 Å². The van der Waals surface area contributed by atoms with E-state index in [1.807, 2.05) is 17.5 Å². The molecule has 0 aliphatic carbocycles. The average molecular weight is 288 g/mol. The SMILES string of the molecule is N#Cc1cccc(OCC(O)CNCc2cccs2)c1. The van der Waals surface area contributed by atoms with Crippen molar-refractivity contribution in [1.29, 1.82) is 5.26 Å². The van der Waals surface area contributed by atoms with Crippen molar-refractivity contribution in [1.82, 2.24) is 5.32 Å². The van der Waals surface area contributed by atoms with Crippen molar-refractivity contribution >= 4 is 11.3 Å². The van der Waals surface area contributed by atoms with Crippen molar-refractivity contribution in [2.75, 3.05) is 13.2 Å². The van der Waals surface area contributed by atoms with Gasteiger partial charge in [0, 0.05) is 18.0 Å². The van der Waals surface area contributed by atoms with Gasteiger partial charge in [-0.1, -0.05) is 12.1 Å². The van der Waals surface area contributed by atoms with Crippen LogP contribution < -0.4 is 10.1 Å². The number of hydrogen-bond acceptors (Lipinski definition) is 5. The molecule has 1 aromatic heterocycles. The maximum absolute atomic E-state index is 9.82. The third-order valence-electron chi connectivity index (χ3n) is 2.66. The summed E-state index contributed by atoms with van der Waals surface area (Å²) < 4.78 is 5.46. The summed E-state index contributed by atoms with van der Waals surface area (Å²) >= 11 is 1.68. The van der Waals surface area contributed by atoms with E-state index >= 15 is 0 Å². The molecule has 1 atom stereocenters. The lowest BCUT2D eigenvalue weighted by Crippen LogP contribution is -2.30. The number of benzene rings is 1. The molecule has 0 radical (unpaired) electrons. The van der Waals surface area contributed by atoms with Gasteiger partial charge in [-0.25, -0.2) is 0 Å². The van der Waals surface area contributed by atoms with Crippen LogP contribution >= 0.6 is 11.3 Å². The molecule has 0 fully saturated rings. The van der Waals surface area contributed by atoms with Crippen LogP contribution in [0.4, 0.5) is 0 Å². The van der Waals surface area contributed by atoms with E-state index < -0.39 is 6.10 Å². The molecule has 2 rings (SSSR count). The molecule has 1 unspecified atom stereocenters. The number of hydrogen-bond donors (Lipinski definition) is 2. The van der Waals surface area contributed by atoms with Gasteiger partial charge in [-0.2, -0.15) is 5.26 Å². The van der Waals surface area contributed by atoms with Gasteiger partial charge >= 0.3 is 0 Å². The predicted molar refractivity (Wildman–Crippen MR) is 78.7 cm³/mol. The standard InChI is InChI=1S/C15H16N2O2S/c16-8-12-3-1-4-14(7-12)19-11-13(18)9-17-10-15-5-2-6-20-15/h1-7,13,17-18H,9-11H2. The number of aliphatic hydroxyl groups excluding tert-OH is 1. The van der Waals surface area contributed by atoms with Gasteiger partial charge in [0.05, 0.1) is 11.6 Å². The zero-order chi connectivity index (χ0) is 14.2. The summed E-state index contributed by atoms with van der Waals surface area (Å²) in [4.78, 5) is 1.24. The van der Waals surface area contributed by atoms with Gasteiger partial charge in [0.1, 0.15) is 18.5 Å². The maximum Gasteiger partial charge on any atom is 0.120 e. The van der Waals surface area contributed by atoms with E-state index in [1.165, 1.54) is 4.88 Å². The van der Waals surface area contributed by atoms with Crippen molar-refractivity contribution in [3.05, 3.63) is 52.2 Å². The highest BCUT2D eigenvalue weighted by Gasteiger charge is 2.05. The fourth-order valence-corrected chi connectivity index (χ4v) is 2.36. The fourth-order valence-electron chi connectivity index (χ4n) is 1.68. The Kier molecular flexibility index (Phi) is 5.56. The molecule has 1 heterocycles. The molecule has 104 valence electrons. The molecule has 20 heavy (non-hydrogen) atoms. The van der Waals surface area contributed by atoms with Crippen LogP contribution in [0.25, 0.3) is 0 Å². The molecule has 0 saturated heterocycles. The molecule has 2 aromatic rings. The summed E-state index contributed by atoms with van der Waals surface area (Å²) in [5.41, 5.74) is 0.549. The second-order valence-electron chi connectivity index (χ2n) is 4.31. The Morgan fingerprint density at radius 2 is 2.25 bits per heavy atom. The third-order valence-corrected chi connectivity index (χ3v) is 3.54. The van der Waals surface area contributed by atoms with Crippen molar-refractivity contribution in [3.8, 4) is 11.8 Å². The molecule has 1 aromatic carbocycles. The van der Waals surface area contributed by atoms with Crippen molar-refractivity contribution in [2.45, 2.75) is 12.6 Å². The number of nitriles is 1. The molecule has 0 amide bonds. The average Bonchev–Trinajstić information content (AvgIpc) is 2.98. The van der Waals surface area contributed by atoms with E-state index in [-0.39, 0.29) is 6.61 Å². The summed E-state index contributed by atoms with van der Waals surface area (Å²) in [6.45, 7) is 1.42. The van der Waals surface area contributed by atoms with Gasteiger partial charge in [-0.05, 0) is 29.6 Å². The topological polar surface area (TPSA) is 65.3 Å². The summed E-state index contributed by atoms with van der Waals surface area (Å²) in [5.74, 6) is 0.598. The second kappa shape index (κ2) is 7.65. The number of nitrogens with one attached hydrogen (secondary N) is 1. The number of rotatable bonds is 7.